The molecule has 0 fully saturated rings. The van der Waals surface area contributed by atoms with Crippen molar-refractivity contribution < 1.29 is 0 Å². The van der Waals surface area contributed by atoms with Crippen molar-refractivity contribution in [3.05, 3.63) is 18.5 Å². The summed E-state index contributed by atoms with van der Waals surface area (Å²) in [5.74, 6) is 0. The Hall–Kier alpha value is -0.830. The number of nitrogens with zero attached hydrogens (tertiary/aromatic N) is 2. The molecule has 0 saturated heterocycles. The Morgan fingerprint density at radius 1 is 1.70 bits per heavy atom. The fourth-order valence-corrected chi connectivity index (χ4v) is 0.930. The van der Waals surface area contributed by atoms with Gasteiger partial charge in [-0.15, -0.1) is 0 Å². The smallest absolute Gasteiger partial charge is 0.0615 e. The fraction of sp³-hybridized carbons (Fsp3) is 0.571. The highest BCUT2D eigenvalue weighted by molar-refractivity contribution is 4.80. The molecule has 1 heterocycles. The summed E-state index contributed by atoms with van der Waals surface area (Å²) in [6.07, 6.45) is 3.77. The lowest BCUT2D eigenvalue weighted by Crippen LogP contribution is -2.19. The zero-order valence-corrected chi connectivity index (χ0v) is 6.41. The molecule has 1 aromatic rings. The summed E-state index contributed by atoms with van der Waals surface area (Å²) in [5, 5.41) is 7.21. The van der Waals surface area contributed by atoms with Gasteiger partial charge in [0.05, 0.1) is 6.04 Å². The molecule has 1 atom stereocenters. The monoisotopic (exact) mass is 139 g/mol. The first kappa shape index (κ1) is 7.28. The predicted octanol–water partition coefficient (Wildman–Crippen LogP) is 0.663. The lowest BCUT2D eigenvalue weighted by Gasteiger charge is -2.09. The van der Waals surface area contributed by atoms with Crippen molar-refractivity contribution in [3.8, 4) is 0 Å². The maximum Gasteiger partial charge on any atom is 0.0615 e. The van der Waals surface area contributed by atoms with Gasteiger partial charge >= 0.3 is 0 Å². The van der Waals surface area contributed by atoms with Crippen molar-refractivity contribution in [3.63, 3.8) is 0 Å². The van der Waals surface area contributed by atoms with Crippen LogP contribution in [-0.4, -0.2) is 23.4 Å². The van der Waals surface area contributed by atoms with E-state index in [9.17, 15) is 0 Å². The zero-order valence-electron chi connectivity index (χ0n) is 6.41. The quantitative estimate of drug-likeness (QED) is 0.666. The third-order valence-electron chi connectivity index (χ3n) is 1.48. The Morgan fingerprint density at radius 2 is 2.50 bits per heavy atom. The van der Waals surface area contributed by atoms with Gasteiger partial charge in [0.2, 0.25) is 0 Å². The zero-order chi connectivity index (χ0) is 7.40. The maximum atomic E-state index is 4.11. The maximum absolute atomic E-state index is 4.11. The first-order valence-electron chi connectivity index (χ1n) is 3.48. The average Bonchev–Trinajstić information content (AvgIpc) is 2.38. The molecule has 0 aliphatic carbocycles. The van der Waals surface area contributed by atoms with E-state index in [0.29, 0.717) is 6.04 Å². The van der Waals surface area contributed by atoms with E-state index in [2.05, 4.69) is 17.3 Å². The lowest BCUT2D eigenvalue weighted by atomic mass is 10.3. The number of hydrogen-bond acceptors (Lipinski definition) is 2. The molecule has 10 heavy (non-hydrogen) atoms. The van der Waals surface area contributed by atoms with Gasteiger partial charge in [0.15, 0.2) is 0 Å². The van der Waals surface area contributed by atoms with Crippen LogP contribution < -0.4 is 5.32 Å². The van der Waals surface area contributed by atoms with Gasteiger partial charge in [-0.05, 0) is 20.0 Å². The van der Waals surface area contributed by atoms with Gasteiger partial charge in [0, 0.05) is 18.9 Å². The summed E-state index contributed by atoms with van der Waals surface area (Å²) >= 11 is 0. The molecule has 0 spiro atoms. The minimum Gasteiger partial charge on any atom is -0.318 e. The van der Waals surface area contributed by atoms with Gasteiger partial charge in [-0.2, -0.15) is 5.10 Å². The Morgan fingerprint density at radius 3 is 3.00 bits per heavy atom. The van der Waals surface area contributed by atoms with Gasteiger partial charge in [-0.25, -0.2) is 0 Å². The first-order chi connectivity index (χ1) is 4.84. The van der Waals surface area contributed by atoms with Crippen LogP contribution >= 0.6 is 0 Å². The highest BCUT2D eigenvalue weighted by Crippen LogP contribution is 1.99. The number of nitrogens with one attached hydrogen (secondary N) is 1. The van der Waals surface area contributed by atoms with Crippen molar-refractivity contribution in [2.24, 2.45) is 0 Å². The molecule has 0 aromatic carbocycles. The summed E-state index contributed by atoms with van der Waals surface area (Å²) < 4.78 is 1.94. The van der Waals surface area contributed by atoms with Gasteiger partial charge < -0.3 is 5.32 Å². The van der Waals surface area contributed by atoms with Crippen LogP contribution in [0.2, 0.25) is 0 Å². The summed E-state index contributed by atoms with van der Waals surface area (Å²) in [5.41, 5.74) is 0. The third kappa shape index (κ3) is 1.57. The standard InChI is InChI=1S/C7H13N3/c1-7(6-8-2)10-5-3-4-9-10/h3-5,7-8H,6H2,1-2H3. The molecule has 0 aliphatic rings. The van der Waals surface area contributed by atoms with Gasteiger partial charge in [-0.1, -0.05) is 0 Å². The van der Waals surface area contributed by atoms with Crippen molar-refractivity contribution in [2.75, 3.05) is 13.6 Å². The Bertz CT molecular complexity index is 169. The molecule has 0 radical (unpaired) electrons. The Kier molecular flexibility index (Phi) is 2.45. The van der Waals surface area contributed by atoms with E-state index in [1.165, 1.54) is 0 Å². The van der Waals surface area contributed by atoms with E-state index >= 15 is 0 Å². The second kappa shape index (κ2) is 3.37. The Labute approximate surface area is 61.0 Å². The highest BCUT2D eigenvalue weighted by Gasteiger charge is 2.00. The van der Waals surface area contributed by atoms with E-state index in [-0.39, 0.29) is 0 Å². The van der Waals surface area contributed by atoms with Crippen molar-refractivity contribution >= 4 is 0 Å². The van der Waals surface area contributed by atoms with Crippen molar-refractivity contribution in [2.45, 2.75) is 13.0 Å². The molecule has 1 aromatic heterocycles. The molecule has 0 amide bonds. The van der Waals surface area contributed by atoms with Gasteiger partial charge in [0.25, 0.3) is 0 Å². The molecule has 0 bridgehead atoms. The molecular weight excluding hydrogens is 126 g/mol. The normalized spacial score (nSPS) is 13.4. The van der Waals surface area contributed by atoms with E-state index in [4.69, 9.17) is 0 Å². The lowest BCUT2D eigenvalue weighted by molar-refractivity contribution is 0.471. The summed E-state index contributed by atoms with van der Waals surface area (Å²) in [6, 6.07) is 2.38. The number of likely N-dealkylation sites (N-methyl/N-ethyl adjacent to an activating group) is 1. The van der Waals surface area contributed by atoms with E-state index in [1.54, 1.807) is 6.20 Å². The van der Waals surface area contributed by atoms with Crippen LogP contribution in [-0.2, 0) is 0 Å². The van der Waals surface area contributed by atoms with Crippen LogP contribution in [0.3, 0.4) is 0 Å². The topological polar surface area (TPSA) is 29.9 Å². The van der Waals surface area contributed by atoms with Crippen LogP contribution in [0.5, 0.6) is 0 Å². The molecule has 3 nitrogen and oxygen atoms in total. The molecule has 3 heteroatoms. The number of aromatic nitrogens is 2. The van der Waals surface area contributed by atoms with Crippen molar-refractivity contribution in [1.29, 1.82) is 0 Å². The summed E-state index contributed by atoms with van der Waals surface area (Å²) in [7, 11) is 1.94. The van der Waals surface area contributed by atoms with E-state index in [0.717, 1.165) is 6.54 Å². The van der Waals surface area contributed by atoms with Crippen LogP contribution in [0.1, 0.15) is 13.0 Å². The molecular formula is C7H13N3. The van der Waals surface area contributed by atoms with Gasteiger partial charge in [0.1, 0.15) is 0 Å². The fourth-order valence-electron chi connectivity index (χ4n) is 0.930. The second-order valence-corrected chi connectivity index (χ2v) is 2.39. The minimum atomic E-state index is 0.444. The molecule has 1 N–H and O–H groups in total. The SMILES string of the molecule is CNCC(C)n1cccn1. The predicted molar refractivity (Wildman–Crippen MR) is 40.9 cm³/mol. The minimum absolute atomic E-state index is 0.444. The third-order valence-corrected chi connectivity index (χ3v) is 1.48. The largest absolute Gasteiger partial charge is 0.318 e. The van der Waals surface area contributed by atoms with Crippen LogP contribution in [0.15, 0.2) is 18.5 Å². The summed E-state index contributed by atoms with van der Waals surface area (Å²) in [6.45, 7) is 3.09. The highest BCUT2D eigenvalue weighted by atomic mass is 15.3. The van der Waals surface area contributed by atoms with Crippen LogP contribution in [0.25, 0.3) is 0 Å². The Balaban J connectivity index is 2.50. The molecule has 0 saturated carbocycles. The van der Waals surface area contributed by atoms with E-state index < -0.39 is 0 Å². The molecule has 1 rings (SSSR count). The molecule has 56 valence electrons. The average molecular weight is 139 g/mol. The van der Waals surface area contributed by atoms with Crippen LogP contribution in [0, 0.1) is 0 Å². The first-order valence-corrected chi connectivity index (χ1v) is 3.48. The number of rotatable bonds is 3. The molecule has 1 unspecified atom stereocenters. The van der Waals surface area contributed by atoms with Crippen LogP contribution in [0.4, 0.5) is 0 Å². The second-order valence-electron chi connectivity index (χ2n) is 2.39. The van der Waals surface area contributed by atoms with E-state index in [1.807, 2.05) is 24.0 Å². The molecule has 0 aliphatic heterocycles. The van der Waals surface area contributed by atoms with Crippen molar-refractivity contribution in [1.82, 2.24) is 15.1 Å². The van der Waals surface area contributed by atoms with Gasteiger partial charge in [-0.3, -0.25) is 4.68 Å². The number of hydrogen-bond donors (Lipinski definition) is 1. The summed E-state index contributed by atoms with van der Waals surface area (Å²) in [4.78, 5) is 0.